The summed E-state index contributed by atoms with van der Waals surface area (Å²) in [6, 6.07) is 8.62. The van der Waals surface area contributed by atoms with Crippen LogP contribution in [0.4, 0.5) is 4.39 Å². The molecule has 0 radical (unpaired) electrons. The van der Waals surface area contributed by atoms with Crippen LogP contribution in [-0.2, 0) is 10.0 Å². The summed E-state index contributed by atoms with van der Waals surface area (Å²) in [7, 11) is -3.52. The van der Waals surface area contributed by atoms with E-state index in [1.807, 2.05) is 0 Å². The van der Waals surface area contributed by atoms with E-state index in [1.165, 1.54) is 30.3 Å². The van der Waals surface area contributed by atoms with Gasteiger partial charge in [-0.2, -0.15) is 0 Å². The lowest BCUT2D eigenvalue weighted by atomic mass is 9.93. The number of piperidine rings is 1. The standard InChI is InChI=1S/C18H20ClFN2O3S2/c19-16-5-6-17(26-16)27(24,25)21-10-7-13-8-11-22(12-9-13)18(23)14-1-3-15(20)4-2-14/h1-6,13,21H,7-12H2. The lowest BCUT2D eigenvalue weighted by Gasteiger charge is -2.32. The predicted molar refractivity (Wildman–Crippen MR) is 104 cm³/mol. The number of halogens is 2. The van der Waals surface area contributed by atoms with Crippen molar-refractivity contribution in [2.45, 2.75) is 23.5 Å². The highest BCUT2D eigenvalue weighted by atomic mass is 35.5. The van der Waals surface area contributed by atoms with Crippen LogP contribution in [-0.4, -0.2) is 38.9 Å². The largest absolute Gasteiger partial charge is 0.339 e. The third kappa shape index (κ3) is 5.28. The molecule has 3 rings (SSSR count). The smallest absolute Gasteiger partial charge is 0.253 e. The van der Waals surface area contributed by atoms with Crippen molar-refractivity contribution in [3.63, 3.8) is 0 Å². The number of sulfonamides is 1. The molecule has 1 aliphatic rings. The van der Waals surface area contributed by atoms with E-state index in [0.717, 1.165) is 30.6 Å². The molecule has 1 amide bonds. The van der Waals surface area contributed by atoms with Gasteiger partial charge in [-0.25, -0.2) is 17.5 Å². The van der Waals surface area contributed by atoms with Crippen LogP contribution in [0.25, 0.3) is 0 Å². The molecule has 0 atom stereocenters. The third-order valence-electron chi connectivity index (χ3n) is 4.65. The average molecular weight is 431 g/mol. The fraction of sp³-hybridized carbons (Fsp3) is 0.389. The zero-order valence-electron chi connectivity index (χ0n) is 14.5. The van der Waals surface area contributed by atoms with E-state index >= 15 is 0 Å². The SMILES string of the molecule is O=C(c1ccc(F)cc1)N1CCC(CCNS(=O)(=O)c2ccc(Cl)s2)CC1. The van der Waals surface area contributed by atoms with Crippen LogP contribution in [0.2, 0.25) is 4.34 Å². The number of rotatable bonds is 6. The Morgan fingerprint density at radius 1 is 1.19 bits per heavy atom. The van der Waals surface area contributed by atoms with Gasteiger partial charge >= 0.3 is 0 Å². The van der Waals surface area contributed by atoms with Gasteiger partial charge in [-0.05, 0) is 61.6 Å². The second kappa shape index (κ2) is 8.68. The number of thiophene rings is 1. The summed E-state index contributed by atoms with van der Waals surface area (Å²) in [5, 5.41) is 0. The molecule has 1 aromatic heterocycles. The fourth-order valence-corrected chi connectivity index (χ4v) is 5.69. The monoisotopic (exact) mass is 430 g/mol. The number of hydrogen-bond acceptors (Lipinski definition) is 4. The molecular formula is C18H20ClFN2O3S2. The van der Waals surface area contributed by atoms with Crippen LogP contribution >= 0.6 is 22.9 Å². The summed E-state index contributed by atoms with van der Waals surface area (Å²) in [6.07, 6.45) is 2.36. The number of nitrogens with zero attached hydrogens (tertiary/aromatic N) is 1. The molecule has 0 spiro atoms. The molecule has 1 aromatic carbocycles. The molecule has 1 saturated heterocycles. The quantitative estimate of drug-likeness (QED) is 0.758. The first-order valence-electron chi connectivity index (χ1n) is 8.65. The molecule has 9 heteroatoms. The van der Waals surface area contributed by atoms with Crippen LogP contribution in [0.3, 0.4) is 0 Å². The van der Waals surface area contributed by atoms with Gasteiger partial charge in [0.1, 0.15) is 10.0 Å². The molecule has 0 bridgehead atoms. The normalized spacial score (nSPS) is 15.9. The van der Waals surface area contributed by atoms with Crippen LogP contribution < -0.4 is 4.72 Å². The molecule has 1 aliphatic heterocycles. The molecule has 0 saturated carbocycles. The van der Waals surface area contributed by atoms with Gasteiger partial charge in [0.15, 0.2) is 0 Å². The minimum atomic E-state index is -3.52. The van der Waals surface area contributed by atoms with E-state index in [4.69, 9.17) is 11.6 Å². The maximum atomic E-state index is 13.0. The first-order chi connectivity index (χ1) is 12.8. The zero-order chi connectivity index (χ0) is 19.4. The molecule has 0 aliphatic carbocycles. The topological polar surface area (TPSA) is 66.5 Å². The van der Waals surface area contributed by atoms with Crippen LogP contribution in [0.15, 0.2) is 40.6 Å². The second-order valence-electron chi connectivity index (χ2n) is 6.49. The summed E-state index contributed by atoms with van der Waals surface area (Å²) in [5.74, 6) is -0.0989. The van der Waals surface area contributed by atoms with Crippen molar-refractivity contribution in [2.75, 3.05) is 19.6 Å². The van der Waals surface area contributed by atoms with Gasteiger partial charge in [0.25, 0.3) is 5.91 Å². The Hall–Kier alpha value is -1.48. The van der Waals surface area contributed by atoms with Crippen LogP contribution in [0, 0.1) is 11.7 Å². The van der Waals surface area contributed by atoms with E-state index < -0.39 is 10.0 Å². The van der Waals surface area contributed by atoms with Crippen molar-refractivity contribution >= 4 is 38.9 Å². The molecule has 2 heterocycles. The molecule has 1 fully saturated rings. The minimum absolute atomic E-state index is 0.0938. The van der Waals surface area contributed by atoms with Gasteiger partial charge < -0.3 is 4.90 Å². The highest BCUT2D eigenvalue weighted by Crippen LogP contribution is 2.26. The highest BCUT2D eigenvalue weighted by Gasteiger charge is 2.24. The zero-order valence-corrected chi connectivity index (χ0v) is 16.9. The number of carbonyl (C=O) groups excluding carboxylic acids is 1. The lowest BCUT2D eigenvalue weighted by molar-refractivity contribution is 0.0687. The molecule has 2 aromatic rings. The van der Waals surface area contributed by atoms with E-state index in [9.17, 15) is 17.6 Å². The van der Waals surface area contributed by atoms with Crippen molar-refractivity contribution < 1.29 is 17.6 Å². The summed E-state index contributed by atoms with van der Waals surface area (Å²) in [6.45, 7) is 1.59. The molecular weight excluding hydrogens is 411 g/mol. The number of likely N-dealkylation sites (tertiary alicyclic amines) is 1. The van der Waals surface area contributed by atoms with Crippen molar-refractivity contribution in [3.8, 4) is 0 Å². The number of benzene rings is 1. The van der Waals surface area contributed by atoms with Gasteiger partial charge in [0.05, 0.1) is 4.34 Å². The minimum Gasteiger partial charge on any atom is -0.339 e. The maximum Gasteiger partial charge on any atom is 0.253 e. The summed E-state index contributed by atoms with van der Waals surface area (Å²) < 4.78 is 40.6. The highest BCUT2D eigenvalue weighted by molar-refractivity contribution is 7.91. The van der Waals surface area contributed by atoms with Crippen molar-refractivity contribution in [1.82, 2.24) is 9.62 Å². The van der Waals surface area contributed by atoms with E-state index in [1.54, 1.807) is 11.0 Å². The number of amides is 1. The Morgan fingerprint density at radius 2 is 1.85 bits per heavy atom. The average Bonchev–Trinajstić information content (AvgIpc) is 3.10. The van der Waals surface area contributed by atoms with E-state index in [0.29, 0.717) is 35.5 Å². The third-order valence-corrected chi connectivity index (χ3v) is 7.83. The van der Waals surface area contributed by atoms with Gasteiger partial charge in [0.2, 0.25) is 10.0 Å². The van der Waals surface area contributed by atoms with Crippen LogP contribution in [0.1, 0.15) is 29.6 Å². The van der Waals surface area contributed by atoms with E-state index in [-0.39, 0.29) is 15.9 Å². The Morgan fingerprint density at radius 3 is 2.44 bits per heavy atom. The lowest BCUT2D eigenvalue weighted by Crippen LogP contribution is -2.39. The first kappa shape index (κ1) is 20.3. The van der Waals surface area contributed by atoms with E-state index in [2.05, 4.69) is 4.72 Å². The summed E-state index contributed by atoms with van der Waals surface area (Å²) >= 11 is 6.82. The number of carbonyl (C=O) groups is 1. The predicted octanol–water partition coefficient (Wildman–Crippen LogP) is 3.76. The molecule has 27 heavy (non-hydrogen) atoms. The van der Waals surface area contributed by atoms with Crippen molar-refractivity contribution in [2.24, 2.45) is 5.92 Å². The Kier molecular flexibility index (Phi) is 6.52. The maximum absolute atomic E-state index is 13.0. The van der Waals surface area contributed by atoms with Gasteiger partial charge in [-0.15, -0.1) is 11.3 Å². The van der Waals surface area contributed by atoms with Gasteiger partial charge in [-0.3, -0.25) is 4.79 Å². The Labute approximate surface area is 167 Å². The van der Waals surface area contributed by atoms with Crippen molar-refractivity contribution in [3.05, 3.63) is 52.1 Å². The Balaban J connectivity index is 1.44. The molecule has 0 unspecified atom stereocenters. The second-order valence-corrected chi connectivity index (χ2v) is 10.2. The van der Waals surface area contributed by atoms with Gasteiger partial charge in [-0.1, -0.05) is 11.6 Å². The number of nitrogens with one attached hydrogen (secondary N) is 1. The first-order valence-corrected chi connectivity index (χ1v) is 11.3. The van der Waals surface area contributed by atoms with Crippen LogP contribution in [0.5, 0.6) is 0 Å². The summed E-state index contributed by atoms with van der Waals surface area (Å²) in [4.78, 5) is 14.2. The molecule has 5 nitrogen and oxygen atoms in total. The summed E-state index contributed by atoms with van der Waals surface area (Å²) in [5.41, 5.74) is 0.484. The fourth-order valence-electron chi connectivity index (χ4n) is 3.11. The molecule has 146 valence electrons. The number of hydrogen-bond donors (Lipinski definition) is 1. The Bertz CT molecular complexity index is 892. The molecule has 1 N–H and O–H groups in total. The van der Waals surface area contributed by atoms with Crippen molar-refractivity contribution in [1.29, 1.82) is 0 Å². The van der Waals surface area contributed by atoms with Gasteiger partial charge in [0, 0.05) is 25.2 Å².